The third-order valence-corrected chi connectivity index (χ3v) is 4.82. The van der Waals surface area contributed by atoms with Crippen LogP contribution in [0.4, 0.5) is 11.4 Å². The molecule has 3 rings (SSSR count). The standard InChI is InChI=1S/C22H25N5O4/c1-5-15-8-6-7-9-17(15)23-20(28)13-27-14(2)21(25-26-27)22(29)24-18-12-16(30-3)10-11-19(18)31-4/h6-12H,5,13H2,1-4H3,(H,23,28)(H,24,29). The van der Waals surface area contributed by atoms with Gasteiger partial charge in [-0.2, -0.15) is 0 Å². The molecule has 0 unspecified atom stereocenters. The van der Waals surface area contributed by atoms with Gasteiger partial charge in [-0.3, -0.25) is 9.59 Å². The number of hydrogen-bond acceptors (Lipinski definition) is 6. The fourth-order valence-electron chi connectivity index (χ4n) is 3.09. The molecule has 0 saturated heterocycles. The molecule has 2 N–H and O–H groups in total. The Labute approximate surface area is 180 Å². The van der Waals surface area contributed by atoms with Gasteiger partial charge >= 0.3 is 0 Å². The molecule has 31 heavy (non-hydrogen) atoms. The summed E-state index contributed by atoms with van der Waals surface area (Å²) in [6.07, 6.45) is 0.802. The lowest BCUT2D eigenvalue weighted by Crippen LogP contribution is -2.21. The van der Waals surface area contributed by atoms with E-state index in [0.717, 1.165) is 17.7 Å². The average molecular weight is 423 g/mol. The minimum Gasteiger partial charge on any atom is -0.497 e. The van der Waals surface area contributed by atoms with E-state index in [1.54, 1.807) is 25.1 Å². The summed E-state index contributed by atoms with van der Waals surface area (Å²) < 4.78 is 11.9. The van der Waals surface area contributed by atoms with E-state index in [-0.39, 0.29) is 18.1 Å². The van der Waals surface area contributed by atoms with Gasteiger partial charge in [0.25, 0.3) is 5.91 Å². The summed E-state index contributed by atoms with van der Waals surface area (Å²) in [6, 6.07) is 12.7. The van der Waals surface area contributed by atoms with Crippen LogP contribution < -0.4 is 20.1 Å². The highest BCUT2D eigenvalue weighted by atomic mass is 16.5. The highest BCUT2D eigenvalue weighted by Gasteiger charge is 2.20. The molecule has 1 aromatic heterocycles. The number of aryl methyl sites for hydroxylation is 1. The van der Waals surface area contributed by atoms with E-state index in [9.17, 15) is 9.59 Å². The van der Waals surface area contributed by atoms with Crippen molar-refractivity contribution in [3.05, 3.63) is 59.4 Å². The van der Waals surface area contributed by atoms with Gasteiger partial charge in [0, 0.05) is 11.8 Å². The Balaban J connectivity index is 1.72. The minimum absolute atomic E-state index is 0.0629. The highest BCUT2D eigenvalue weighted by Crippen LogP contribution is 2.29. The van der Waals surface area contributed by atoms with Gasteiger partial charge in [-0.1, -0.05) is 30.3 Å². The van der Waals surface area contributed by atoms with Crippen LogP contribution in [0.2, 0.25) is 0 Å². The van der Waals surface area contributed by atoms with Crippen molar-refractivity contribution in [3.8, 4) is 11.5 Å². The number of rotatable bonds is 8. The second-order valence-corrected chi connectivity index (χ2v) is 6.76. The number of nitrogens with one attached hydrogen (secondary N) is 2. The van der Waals surface area contributed by atoms with Gasteiger partial charge in [-0.15, -0.1) is 5.10 Å². The maximum atomic E-state index is 12.8. The van der Waals surface area contributed by atoms with Crippen molar-refractivity contribution >= 4 is 23.2 Å². The molecule has 0 aliphatic heterocycles. The smallest absolute Gasteiger partial charge is 0.278 e. The number of aromatic nitrogens is 3. The molecule has 0 radical (unpaired) electrons. The molecule has 0 bridgehead atoms. The van der Waals surface area contributed by atoms with Gasteiger partial charge in [0.05, 0.1) is 25.6 Å². The molecule has 0 aliphatic carbocycles. The number of carbonyl (C=O) groups is 2. The van der Waals surface area contributed by atoms with Crippen LogP contribution in [-0.4, -0.2) is 41.0 Å². The van der Waals surface area contributed by atoms with E-state index < -0.39 is 5.91 Å². The maximum absolute atomic E-state index is 12.8. The number of nitrogens with zero attached hydrogens (tertiary/aromatic N) is 3. The minimum atomic E-state index is -0.466. The maximum Gasteiger partial charge on any atom is 0.278 e. The zero-order valence-electron chi connectivity index (χ0n) is 17.9. The Morgan fingerprint density at radius 3 is 2.52 bits per heavy atom. The Morgan fingerprint density at radius 2 is 1.81 bits per heavy atom. The number of carbonyl (C=O) groups excluding carboxylic acids is 2. The first-order chi connectivity index (χ1) is 15.0. The molecule has 0 aliphatic rings. The van der Waals surface area contributed by atoms with E-state index in [1.165, 1.54) is 18.9 Å². The molecule has 2 amide bonds. The van der Waals surface area contributed by atoms with Crippen LogP contribution in [0, 0.1) is 6.92 Å². The van der Waals surface area contributed by atoms with E-state index >= 15 is 0 Å². The molecular weight excluding hydrogens is 398 g/mol. The molecule has 9 heteroatoms. The van der Waals surface area contributed by atoms with Crippen molar-refractivity contribution in [1.29, 1.82) is 0 Å². The third kappa shape index (κ3) is 5.00. The molecule has 162 valence electrons. The van der Waals surface area contributed by atoms with Crippen LogP contribution in [0.1, 0.15) is 28.7 Å². The van der Waals surface area contributed by atoms with Crippen LogP contribution in [0.5, 0.6) is 11.5 Å². The van der Waals surface area contributed by atoms with Gasteiger partial charge < -0.3 is 20.1 Å². The molecular formula is C22H25N5O4. The van der Waals surface area contributed by atoms with Crippen LogP contribution in [0.25, 0.3) is 0 Å². The van der Waals surface area contributed by atoms with Crippen molar-refractivity contribution in [2.45, 2.75) is 26.8 Å². The van der Waals surface area contributed by atoms with Crippen molar-refractivity contribution in [2.75, 3.05) is 24.9 Å². The second kappa shape index (κ2) is 9.75. The highest BCUT2D eigenvalue weighted by molar-refractivity contribution is 6.04. The first-order valence-electron chi connectivity index (χ1n) is 9.78. The van der Waals surface area contributed by atoms with Crippen LogP contribution >= 0.6 is 0 Å². The molecule has 0 fully saturated rings. The quantitative estimate of drug-likeness (QED) is 0.577. The summed E-state index contributed by atoms with van der Waals surface area (Å²) >= 11 is 0. The predicted octanol–water partition coefficient (Wildman–Crippen LogP) is 3.06. The lowest BCUT2D eigenvalue weighted by atomic mass is 10.1. The number of amides is 2. The number of ether oxygens (including phenoxy) is 2. The monoisotopic (exact) mass is 423 g/mol. The number of para-hydroxylation sites is 1. The van der Waals surface area contributed by atoms with Gasteiger partial charge in [0.15, 0.2) is 5.69 Å². The summed E-state index contributed by atoms with van der Waals surface area (Å²) in [7, 11) is 3.04. The van der Waals surface area contributed by atoms with E-state index in [4.69, 9.17) is 9.47 Å². The molecule has 3 aromatic rings. The van der Waals surface area contributed by atoms with Crippen molar-refractivity contribution < 1.29 is 19.1 Å². The lowest BCUT2D eigenvalue weighted by molar-refractivity contribution is -0.117. The Morgan fingerprint density at radius 1 is 1.03 bits per heavy atom. The van der Waals surface area contributed by atoms with Gasteiger partial charge in [0.1, 0.15) is 18.0 Å². The molecule has 2 aromatic carbocycles. The number of benzene rings is 2. The first kappa shape index (κ1) is 21.8. The number of hydrogen-bond donors (Lipinski definition) is 2. The zero-order valence-corrected chi connectivity index (χ0v) is 17.9. The summed E-state index contributed by atoms with van der Waals surface area (Å²) in [5.74, 6) is 0.330. The van der Waals surface area contributed by atoms with E-state index in [1.807, 2.05) is 31.2 Å². The molecule has 1 heterocycles. The first-order valence-corrected chi connectivity index (χ1v) is 9.78. The molecule has 9 nitrogen and oxygen atoms in total. The number of methoxy groups -OCH3 is 2. The SMILES string of the molecule is CCc1ccccc1NC(=O)Cn1nnc(C(=O)Nc2cc(OC)ccc2OC)c1C. The predicted molar refractivity (Wildman–Crippen MR) is 117 cm³/mol. The van der Waals surface area contributed by atoms with Crippen LogP contribution in [0.15, 0.2) is 42.5 Å². The summed E-state index contributed by atoms with van der Waals surface area (Å²) in [5.41, 5.74) is 2.83. The van der Waals surface area contributed by atoms with Crippen LogP contribution in [-0.2, 0) is 17.8 Å². The average Bonchev–Trinajstić information content (AvgIpc) is 3.14. The largest absolute Gasteiger partial charge is 0.497 e. The van der Waals surface area contributed by atoms with E-state index in [0.29, 0.717) is 22.9 Å². The fourth-order valence-corrected chi connectivity index (χ4v) is 3.09. The van der Waals surface area contributed by atoms with Gasteiger partial charge in [-0.05, 0) is 37.1 Å². The second-order valence-electron chi connectivity index (χ2n) is 6.76. The normalized spacial score (nSPS) is 10.5. The Kier molecular flexibility index (Phi) is 6.86. The molecule has 0 atom stereocenters. The summed E-state index contributed by atoms with van der Waals surface area (Å²) in [6.45, 7) is 3.65. The Bertz CT molecular complexity index is 1090. The van der Waals surface area contributed by atoms with Gasteiger partial charge in [-0.25, -0.2) is 4.68 Å². The van der Waals surface area contributed by atoms with Gasteiger partial charge in [0.2, 0.25) is 5.91 Å². The summed E-state index contributed by atoms with van der Waals surface area (Å²) in [5, 5.41) is 13.6. The van der Waals surface area contributed by atoms with Crippen molar-refractivity contribution in [3.63, 3.8) is 0 Å². The third-order valence-electron chi connectivity index (χ3n) is 4.82. The summed E-state index contributed by atoms with van der Waals surface area (Å²) in [4.78, 5) is 25.2. The van der Waals surface area contributed by atoms with E-state index in [2.05, 4.69) is 20.9 Å². The number of anilines is 2. The van der Waals surface area contributed by atoms with Crippen LogP contribution in [0.3, 0.4) is 0 Å². The Hall–Kier alpha value is -3.88. The van der Waals surface area contributed by atoms with Crippen molar-refractivity contribution in [1.82, 2.24) is 15.0 Å². The molecule has 0 saturated carbocycles. The lowest BCUT2D eigenvalue weighted by Gasteiger charge is -2.11. The molecule has 0 spiro atoms. The fraction of sp³-hybridized carbons (Fsp3) is 0.273. The zero-order chi connectivity index (χ0) is 22.4. The van der Waals surface area contributed by atoms with Crippen molar-refractivity contribution in [2.24, 2.45) is 0 Å². The topological polar surface area (TPSA) is 107 Å².